The highest BCUT2D eigenvalue weighted by Crippen LogP contribution is 2.32. The molecule has 2 aromatic rings. The van der Waals surface area contributed by atoms with Gasteiger partial charge in [-0.15, -0.1) is 11.3 Å². The number of rotatable bonds is 4. The molecule has 1 nitrogen and oxygen atoms in total. The lowest BCUT2D eigenvalue weighted by atomic mass is 10.1. The van der Waals surface area contributed by atoms with E-state index in [1.807, 2.05) is 25.3 Å². The molecule has 20 heavy (non-hydrogen) atoms. The third-order valence-electron chi connectivity index (χ3n) is 3.22. The fraction of sp³-hybridized carbons (Fsp3) is 0.333. The zero-order chi connectivity index (χ0) is 14.8. The van der Waals surface area contributed by atoms with Gasteiger partial charge in [-0.25, -0.2) is 0 Å². The Morgan fingerprint density at radius 2 is 1.90 bits per heavy atom. The van der Waals surface area contributed by atoms with Gasteiger partial charge < -0.3 is 5.32 Å². The molecule has 1 aromatic carbocycles. The van der Waals surface area contributed by atoms with Crippen LogP contribution >= 0.6 is 11.3 Å². The van der Waals surface area contributed by atoms with Crippen molar-refractivity contribution < 1.29 is 13.2 Å². The Labute approximate surface area is 120 Å². The standard InChI is InChI=1S/C15H16F3NS/c1-10-7-8-20-14(10)11(2)19-9-12-5-3-4-6-13(12)15(16,17)18/h3-8,11,19H,9H2,1-2H3. The lowest BCUT2D eigenvalue weighted by molar-refractivity contribution is -0.138. The summed E-state index contributed by atoms with van der Waals surface area (Å²) < 4.78 is 38.7. The molecule has 1 heterocycles. The lowest BCUT2D eigenvalue weighted by Crippen LogP contribution is -2.20. The summed E-state index contributed by atoms with van der Waals surface area (Å²) in [5.41, 5.74) is 0.878. The van der Waals surface area contributed by atoms with Crippen LogP contribution < -0.4 is 5.32 Å². The highest BCUT2D eigenvalue weighted by Gasteiger charge is 2.32. The molecule has 2 rings (SSSR count). The van der Waals surface area contributed by atoms with Crippen molar-refractivity contribution in [3.8, 4) is 0 Å². The van der Waals surface area contributed by atoms with E-state index in [1.165, 1.54) is 17.7 Å². The van der Waals surface area contributed by atoms with Crippen LogP contribution in [0.25, 0.3) is 0 Å². The maximum atomic E-state index is 12.9. The fourth-order valence-corrected chi connectivity index (χ4v) is 3.09. The smallest absolute Gasteiger partial charge is 0.305 e. The predicted molar refractivity (Wildman–Crippen MR) is 75.8 cm³/mol. The van der Waals surface area contributed by atoms with Crippen LogP contribution in [0, 0.1) is 6.92 Å². The number of nitrogens with one attached hydrogen (secondary N) is 1. The average molecular weight is 299 g/mol. The molecule has 1 aromatic heterocycles. The molecule has 0 radical (unpaired) electrons. The first kappa shape index (κ1) is 15.1. The number of aryl methyl sites for hydroxylation is 1. The van der Waals surface area contributed by atoms with Gasteiger partial charge in [0.05, 0.1) is 5.56 Å². The topological polar surface area (TPSA) is 12.0 Å². The van der Waals surface area contributed by atoms with Gasteiger partial charge in [-0.1, -0.05) is 18.2 Å². The van der Waals surface area contributed by atoms with Gasteiger partial charge in [-0.05, 0) is 42.5 Å². The molecule has 0 bridgehead atoms. The molecule has 1 N–H and O–H groups in total. The molecule has 0 aliphatic carbocycles. The van der Waals surface area contributed by atoms with E-state index >= 15 is 0 Å². The zero-order valence-electron chi connectivity index (χ0n) is 11.3. The maximum absolute atomic E-state index is 12.9. The largest absolute Gasteiger partial charge is 0.416 e. The Balaban J connectivity index is 2.10. The molecule has 0 spiro atoms. The van der Waals surface area contributed by atoms with E-state index in [9.17, 15) is 13.2 Å². The average Bonchev–Trinajstić information content (AvgIpc) is 2.81. The summed E-state index contributed by atoms with van der Waals surface area (Å²) in [4.78, 5) is 1.16. The SMILES string of the molecule is Cc1ccsc1C(C)NCc1ccccc1C(F)(F)F. The van der Waals surface area contributed by atoms with Gasteiger partial charge in [0.1, 0.15) is 0 Å². The summed E-state index contributed by atoms with van der Waals surface area (Å²) in [5.74, 6) is 0. The monoisotopic (exact) mass is 299 g/mol. The summed E-state index contributed by atoms with van der Waals surface area (Å²) in [6.07, 6.45) is -4.31. The van der Waals surface area contributed by atoms with E-state index in [4.69, 9.17) is 0 Å². The van der Waals surface area contributed by atoms with E-state index < -0.39 is 11.7 Å². The van der Waals surface area contributed by atoms with Gasteiger partial charge in [-0.2, -0.15) is 13.2 Å². The molecule has 0 aliphatic rings. The molecular weight excluding hydrogens is 283 g/mol. The molecule has 1 atom stereocenters. The van der Waals surface area contributed by atoms with Gasteiger partial charge in [0.25, 0.3) is 0 Å². The first-order valence-corrected chi connectivity index (χ1v) is 7.20. The molecule has 108 valence electrons. The fourth-order valence-electron chi connectivity index (χ4n) is 2.13. The van der Waals surface area contributed by atoms with Crippen LogP contribution in [-0.4, -0.2) is 0 Å². The van der Waals surface area contributed by atoms with Crippen molar-refractivity contribution in [1.29, 1.82) is 0 Å². The number of alkyl halides is 3. The van der Waals surface area contributed by atoms with Crippen LogP contribution in [-0.2, 0) is 12.7 Å². The van der Waals surface area contributed by atoms with Crippen LogP contribution in [0.2, 0.25) is 0 Å². The first-order chi connectivity index (χ1) is 9.39. The molecule has 1 unspecified atom stereocenters. The van der Waals surface area contributed by atoms with Crippen LogP contribution in [0.1, 0.15) is 34.5 Å². The Hall–Kier alpha value is -1.33. The molecule has 5 heteroatoms. The van der Waals surface area contributed by atoms with Crippen LogP contribution in [0.4, 0.5) is 13.2 Å². The Bertz CT molecular complexity index is 574. The minimum atomic E-state index is -4.31. The summed E-state index contributed by atoms with van der Waals surface area (Å²) in [5, 5.41) is 5.16. The van der Waals surface area contributed by atoms with E-state index in [1.54, 1.807) is 17.4 Å². The van der Waals surface area contributed by atoms with Crippen molar-refractivity contribution in [2.75, 3.05) is 0 Å². The van der Waals surface area contributed by atoms with Crippen molar-refractivity contribution in [2.45, 2.75) is 32.6 Å². The third kappa shape index (κ3) is 3.41. The van der Waals surface area contributed by atoms with Crippen molar-refractivity contribution in [1.82, 2.24) is 5.32 Å². The predicted octanol–water partition coefficient (Wildman–Crippen LogP) is 4.93. The quantitative estimate of drug-likeness (QED) is 0.844. The molecular formula is C15H16F3NS. The maximum Gasteiger partial charge on any atom is 0.416 e. The molecule has 0 fully saturated rings. The molecule has 0 amide bonds. The Kier molecular flexibility index (Phi) is 4.50. The Morgan fingerprint density at radius 1 is 1.20 bits per heavy atom. The second-order valence-corrected chi connectivity index (χ2v) is 5.67. The molecule has 0 aliphatic heterocycles. The van der Waals surface area contributed by atoms with E-state index in [2.05, 4.69) is 5.32 Å². The second-order valence-electron chi connectivity index (χ2n) is 4.73. The molecule has 0 saturated heterocycles. The summed E-state index contributed by atoms with van der Waals surface area (Å²) in [6, 6.07) is 7.74. The lowest BCUT2D eigenvalue weighted by Gasteiger charge is -2.17. The van der Waals surface area contributed by atoms with Crippen molar-refractivity contribution in [2.24, 2.45) is 0 Å². The number of benzene rings is 1. The zero-order valence-corrected chi connectivity index (χ0v) is 12.1. The Morgan fingerprint density at radius 3 is 2.50 bits per heavy atom. The summed E-state index contributed by atoms with van der Waals surface area (Å²) in [6.45, 7) is 4.18. The van der Waals surface area contributed by atoms with Crippen LogP contribution in [0.3, 0.4) is 0 Å². The molecule has 0 saturated carbocycles. The van der Waals surface area contributed by atoms with Crippen LogP contribution in [0.5, 0.6) is 0 Å². The normalized spacial score (nSPS) is 13.4. The van der Waals surface area contributed by atoms with Gasteiger partial charge in [0, 0.05) is 17.5 Å². The van der Waals surface area contributed by atoms with E-state index in [0.717, 1.165) is 10.9 Å². The third-order valence-corrected chi connectivity index (χ3v) is 4.42. The van der Waals surface area contributed by atoms with Crippen molar-refractivity contribution in [3.05, 3.63) is 57.3 Å². The van der Waals surface area contributed by atoms with Gasteiger partial charge in [0.15, 0.2) is 0 Å². The number of halogens is 3. The number of hydrogen-bond donors (Lipinski definition) is 1. The summed E-state index contributed by atoms with van der Waals surface area (Å²) in [7, 11) is 0. The minimum absolute atomic E-state index is 0.0382. The number of hydrogen-bond acceptors (Lipinski definition) is 2. The minimum Gasteiger partial charge on any atom is -0.305 e. The second kappa shape index (κ2) is 5.97. The highest BCUT2D eigenvalue weighted by atomic mass is 32.1. The van der Waals surface area contributed by atoms with Gasteiger partial charge in [-0.3, -0.25) is 0 Å². The van der Waals surface area contributed by atoms with E-state index in [-0.39, 0.29) is 18.2 Å². The van der Waals surface area contributed by atoms with Crippen molar-refractivity contribution in [3.63, 3.8) is 0 Å². The van der Waals surface area contributed by atoms with E-state index in [0.29, 0.717) is 0 Å². The van der Waals surface area contributed by atoms with Gasteiger partial charge in [0.2, 0.25) is 0 Å². The van der Waals surface area contributed by atoms with Crippen LogP contribution in [0.15, 0.2) is 35.7 Å². The number of thiophene rings is 1. The van der Waals surface area contributed by atoms with Gasteiger partial charge >= 0.3 is 6.18 Å². The first-order valence-electron chi connectivity index (χ1n) is 6.32. The van der Waals surface area contributed by atoms with Crippen molar-refractivity contribution >= 4 is 11.3 Å². The highest BCUT2D eigenvalue weighted by molar-refractivity contribution is 7.10. The summed E-state index contributed by atoms with van der Waals surface area (Å²) >= 11 is 1.62.